The highest BCUT2D eigenvalue weighted by molar-refractivity contribution is 6.06. The topological polar surface area (TPSA) is 36.1 Å². The summed E-state index contributed by atoms with van der Waals surface area (Å²) in [6.45, 7) is 2.07. The van der Waals surface area contributed by atoms with Gasteiger partial charge in [0.15, 0.2) is 0 Å². The van der Waals surface area contributed by atoms with Crippen LogP contribution in [-0.2, 0) is 10.2 Å². The SMILES string of the molecule is Cc1[nH]c2ccccc2c1C1(C(=O)N(C)c2ccccc2)CC1. The van der Waals surface area contributed by atoms with Gasteiger partial charge in [-0.05, 0) is 43.5 Å². The molecule has 4 rings (SSSR count). The minimum absolute atomic E-state index is 0.191. The number of rotatable bonds is 3. The van der Waals surface area contributed by atoms with Crippen LogP contribution in [0.3, 0.4) is 0 Å². The van der Waals surface area contributed by atoms with Crippen molar-refractivity contribution in [3.8, 4) is 0 Å². The molecule has 0 aliphatic heterocycles. The Kier molecular flexibility index (Phi) is 3.05. The van der Waals surface area contributed by atoms with Crippen molar-refractivity contribution in [1.29, 1.82) is 0 Å². The van der Waals surface area contributed by atoms with Crippen molar-refractivity contribution in [1.82, 2.24) is 4.98 Å². The van der Waals surface area contributed by atoms with Crippen molar-refractivity contribution in [3.63, 3.8) is 0 Å². The van der Waals surface area contributed by atoms with E-state index in [0.29, 0.717) is 0 Å². The zero-order valence-electron chi connectivity index (χ0n) is 13.5. The molecule has 116 valence electrons. The second-order valence-corrected chi connectivity index (χ2v) is 6.45. The molecule has 0 atom stereocenters. The number of amides is 1. The maximum absolute atomic E-state index is 13.2. The Balaban J connectivity index is 1.78. The van der Waals surface area contributed by atoms with Crippen molar-refractivity contribution in [2.24, 2.45) is 0 Å². The van der Waals surface area contributed by atoms with Gasteiger partial charge in [-0.15, -0.1) is 0 Å². The van der Waals surface area contributed by atoms with Crippen LogP contribution in [0, 0.1) is 6.92 Å². The summed E-state index contributed by atoms with van der Waals surface area (Å²) in [6.07, 6.45) is 1.84. The lowest BCUT2D eigenvalue weighted by molar-refractivity contribution is -0.120. The van der Waals surface area contributed by atoms with Gasteiger partial charge >= 0.3 is 0 Å². The summed E-state index contributed by atoms with van der Waals surface area (Å²) in [4.78, 5) is 18.5. The maximum Gasteiger partial charge on any atom is 0.237 e. The first-order chi connectivity index (χ1) is 11.1. The number of aromatic nitrogens is 1. The molecule has 0 unspecified atom stereocenters. The molecular formula is C20H20N2O. The van der Waals surface area contributed by atoms with Gasteiger partial charge < -0.3 is 9.88 Å². The number of nitrogens with one attached hydrogen (secondary N) is 1. The first-order valence-corrected chi connectivity index (χ1v) is 8.04. The lowest BCUT2D eigenvalue weighted by Crippen LogP contribution is -2.36. The Hall–Kier alpha value is -2.55. The fourth-order valence-corrected chi connectivity index (χ4v) is 3.68. The van der Waals surface area contributed by atoms with Gasteiger partial charge in [-0.25, -0.2) is 0 Å². The number of likely N-dealkylation sites (N-methyl/N-ethyl adjacent to an activating group) is 1. The van der Waals surface area contributed by atoms with Gasteiger partial charge in [0.05, 0.1) is 5.41 Å². The van der Waals surface area contributed by atoms with Gasteiger partial charge in [-0.2, -0.15) is 0 Å². The molecule has 2 aromatic carbocycles. The second kappa shape index (κ2) is 4.98. The van der Waals surface area contributed by atoms with Crippen LogP contribution in [0.4, 0.5) is 5.69 Å². The Bertz CT molecular complexity index is 875. The summed E-state index contributed by atoms with van der Waals surface area (Å²) in [5.74, 6) is 0.191. The van der Waals surface area contributed by atoms with Gasteiger partial charge in [-0.3, -0.25) is 4.79 Å². The summed E-state index contributed by atoms with van der Waals surface area (Å²) >= 11 is 0. The standard InChI is InChI=1S/C20H20N2O/c1-14-18(16-10-6-7-11-17(16)21-14)20(12-13-20)19(23)22(2)15-8-4-3-5-9-15/h3-11,21H,12-13H2,1-2H3. The van der Waals surface area contributed by atoms with Crippen LogP contribution >= 0.6 is 0 Å². The van der Waals surface area contributed by atoms with Crippen molar-refractivity contribution < 1.29 is 4.79 Å². The molecular weight excluding hydrogens is 284 g/mol. The summed E-state index contributed by atoms with van der Waals surface area (Å²) < 4.78 is 0. The number of anilines is 1. The molecule has 1 aromatic heterocycles. The number of H-pyrrole nitrogens is 1. The number of carbonyl (C=O) groups is 1. The van der Waals surface area contributed by atoms with E-state index < -0.39 is 0 Å². The van der Waals surface area contributed by atoms with Crippen LogP contribution in [-0.4, -0.2) is 17.9 Å². The average molecular weight is 304 g/mol. The molecule has 3 nitrogen and oxygen atoms in total. The van der Waals surface area contributed by atoms with Crippen LogP contribution in [0.15, 0.2) is 54.6 Å². The fourth-order valence-electron chi connectivity index (χ4n) is 3.68. The third-order valence-electron chi connectivity index (χ3n) is 4.98. The molecule has 1 fully saturated rings. The molecule has 23 heavy (non-hydrogen) atoms. The minimum Gasteiger partial charge on any atom is -0.358 e. The molecule has 1 saturated carbocycles. The largest absolute Gasteiger partial charge is 0.358 e. The van der Waals surface area contributed by atoms with Crippen LogP contribution in [0.2, 0.25) is 0 Å². The number of nitrogens with zero attached hydrogens (tertiary/aromatic N) is 1. The van der Waals surface area contributed by atoms with E-state index in [-0.39, 0.29) is 11.3 Å². The molecule has 1 heterocycles. The smallest absolute Gasteiger partial charge is 0.237 e. The summed E-state index contributed by atoms with van der Waals surface area (Å²) in [5, 5.41) is 1.18. The van der Waals surface area contributed by atoms with Gasteiger partial charge in [0, 0.05) is 29.3 Å². The number of hydrogen-bond donors (Lipinski definition) is 1. The van der Waals surface area contributed by atoms with Crippen LogP contribution in [0.5, 0.6) is 0 Å². The monoisotopic (exact) mass is 304 g/mol. The van der Waals surface area contributed by atoms with Gasteiger partial charge in [-0.1, -0.05) is 36.4 Å². The Labute approximate surface area is 135 Å². The zero-order valence-corrected chi connectivity index (χ0v) is 13.5. The lowest BCUT2D eigenvalue weighted by Gasteiger charge is -2.24. The Morgan fingerprint density at radius 3 is 2.39 bits per heavy atom. The molecule has 1 amide bonds. The average Bonchev–Trinajstić information content (AvgIpc) is 3.30. The second-order valence-electron chi connectivity index (χ2n) is 6.45. The number of fused-ring (bicyclic) bond motifs is 1. The van der Waals surface area contributed by atoms with Crippen LogP contribution in [0.1, 0.15) is 24.1 Å². The van der Waals surface area contributed by atoms with E-state index in [9.17, 15) is 4.79 Å². The normalized spacial score (nSPS) is 15.6. The molecule has 0 radical (unpaired) electrons. The first kappa shape index (κ1) is 14.1. The number of hydrogen-bond acceptors (Lipinski definition) is 1. The number of carbonyl (C=O) groups excluding carboxylic acids is 1. The van der Waals surface area contributed by atoms with E-state index in [1.807, 2.05) is 49.5 Å². The van der Waals surface area contributed by atoms with Crippen molar-refractivity contribution in [3.05, 3.63) is 65.9 Å². The molecule has 0 spiro atoms. The quantitative estimate of drug-likeness (QED) is 0.774. The Morgan fingerprint density at radius 1 is 1.04 bits per heavy atom. The lowest BCUT2D eigenvalue weighted by atomic mass is 9.91. The summed E-state index contributed by atoms with van der Waals surface area (Å²) in [5.41, 5.74) is 3.98. The summed E-state index contributed by atoms with van der Waals surface area (Å²) in [7, 11) is 1.88. The number of benzene rings is 2. The van der Waals surface area contributed by atoms with E-state index in [2.05, 4.69) is 24.0 Å². The highest BCUT2D eigenvalue weighted by Gasteiger charge is 2.54. The molecule has 3 heteroatoms. The minimum atomic E-state index is -0.367. The van der Waals surface area contributed by atoms with E-state index >= 15 is 0 Å². The predicted molar refractivity (Wildman–Crippen MR) is 93.8 cm³/mol. The molecule has 1 aliphatic carbocycles. The van der Waals surface area contributed by atoms with E-state index in [1.54, 1.807) is 4.90 Å². The van der Waals surface area contributed by atoms with Crippen LogP contribution in [0.25, 0.3) is 10.9 Å². The van der Waals surface area contributed by atoms with Crippen molar-refractivity contribution >= 4 is 22.5 Å². The van der Waals surface area contributed by atoms with E-state index in [4.69, 9.17) is 0 Å². The summed E-state index contributed by atoms with van der Waals surface area (Å²) in [6, 6.07) is 18.1. The number of para-hydroxylation sites is 2. The molecule has 1 N–H and O–H groups in total. The number of aromatic amines is 1. The molecule has 0 saturated heterocycles. The molecule has 0 bridgehead atoms. The molecule has 1 aliphatic rings. The zero-order chi connectivity index (χ0) is 16.0. The van der Waals surface area contributed by atoms with Crippen molar-refractivity contribution in [2.75, 3.05) is 11.9 Å². The third-order valence-corrected chi connectivity index (χ3v) is 4.98. The maximum atomic E-state index is 13.2. The van der Waals surface area contributed by atoms with E-state index in [1.165, 1.54) is 10.9 Å². The van der Waals surface area contributed by atoms with Gasteiger partial charge in [0.2, 0.25) is 5.91 Å². The van der Waals surface area contributed by atoms with Gasteiger partial charge in [0.25, 0.3) is 0 Å². The Morgan fingerprint density at radius 2 is 1.70 bits per heavy atom. The van der Waals surface area contributed by atoms with Gasteiger partial charge in [0.1, 0.15) is 0 Å². The highest BCUT2D eigenvalue weighted by atomic mass is 16.2. The van der Waals surface area contributed by atoms with Crippen LogP contribution < -0.4 is 4.90 Å². The van der Waals surface area contributed by atoms with E-state index in [0.717, 1.165) is 29.7 Å². The molecule has 3 aromatic rings. The predicted octanol–water partition coefficient (Wildman–Crippen LogP) is 4.17. The third kappa shape index (κ3) is 2.07. The highest BCUT2D eigenvalue weighted by Crippen LogP contribution is 2.53. The fraction of sp³-hybridized carbons (Fsp3) is 0.250. The first-order valence-electron chi connectivity index (χ1n) is 8.04. The van der Waals surface area contributed by atoms with Crippen molar-refractivity contribution in [2.45, 2.75) is 25.2 Å². The number of aryl methyl sites for hydroxylation is 1.